The van der Waals surface area contributed by atoms with Gasteiger partial charge < -0.3 is 4.74 Å². The third kappa shape index (κ3) is 6.37. The van der Waals surface area contributed by atoms with Crippen molar-refractivity contribution < 1.29 is 4.74 Å². The Morgan fingerprint density at radius 2 is 1.15 bits per heavy atom. The molecule has 0 bridgehead atoms. The van der Waals surface area contributed by atoms with Crippen molar-refractivity contribution in [2.24, 2.45) is 0 Å². The summed E-state index contributed by atoms with van der Waals surface area (Å²) < 4.78 is 13.6. The number of nitrogens with zero attached hydrogens (tertiary/aromatic N) is 4. The molecule has 2 aromatic heterocycles. The van der Waals surface area contributed by atoms with Crippen molar-refractivity contribution >= 4 is 50.6 Å². The number of rotatable bonds is 5. The van der Waals surface area contributed by atoms with Crippen molar-refractivity contribution in [2.45, 2.75) is 92.4 Å². The normalized spacial score (nSPS) is 13.3. The number of fused-ring (bicyclic) bond motifs is 4. The van der Waals surface area contributed by atoms with Crippen LogP contribution in [0.1, 0.15) is 90.1 Å². The Bertz CT molecular complexity index is 2700. The maximum atomic E-state index is 6.92. The average molecular weight is 725 g/mol. The minimum absolute atomic E-state index is 0.000317. The molecule has 0 atom stereocenters. The summed E-state index contributed by atoms with van der Waals surface area (Å²) >= 11 is 0. The molecule has 0 amide bonds. The van der Waals surface area contributed by atoms with Gasteiger partial charge in [-0.3, -0.25) is 4.57 Å². The first kappa shape index (κ1) is 36.2. The molecule has 0 spiro atoms. The maximum absolute atomic E-state index is 6.92. The van der Waals surface area contributed by atoms with E-state index < -0.39 is 0 Å². The van der Waals surface area contributed by atoms with E-state index in [0.29, 0.717) is 0 Å². The van der Waals surface area contributed by atoms with Crippen LogP contribution in [0.3, 0.4) is 0 Å². The van der Waals surface area contributed by atoms with Crippen LogP contribution in [-0.2, 0) is 16.2 Å². The fourth-order valence-electron chi connectivity index (χ4n) is 7.67. The number of hydrogen-bond acceptors (Lipinski definition) is 2. The van der Waals surface area contributed by atoms with Crippen LogP contribution in [0.4, 0.5) is 22.7 Å². The first-order valence-corrected chi connectivity index (χ1v) is 19.4. The standard InChI is InChI=1S/C50H52N4O/c1-32-40(53-31-52(42-19-14-15-20-43(42)53)37-28-35(49(6,7)8)27-36(29-37)50(9,10)11)21-16-22-44(32)55-45-24-23-39-38-17-12-13-18-41(38)54(47(39)33(45)2)46-30-34(25-26-51-46)48(3,4)5/h12-30H,1-11H3/q+2. The van der Waals surface area contributed by atoms with E-state index in [4.69, 9.17) is 9.72 Å². The Balaban J connectivity index is 1.26. The van der Waals surface area contributed by atoms with E-state index in [1.807, 2.05) is 6.20 Å². The zero-order valence-electron chi connectivity index (χ0n) is 34.2. The molecule has 55 heavy (non-hydrogen) atoms. The van der Waals surface area contributed by atoms with Crippen LogP contribution in [0.5, 0.6) is 11.5 Å². The molecule has 1 aliphatic heterocycles. The lowest BCUT2D eigenvalue weighted by atomic mass is 9.80. The average Bonchev–Trinajstić information content (AvgIpc) is 3.69. The van der Waals surface area contributed by atoms with Crippen molar-refractivity contribution in [3.8, 4) is 17.3 Å². The Morgan fingerprint density at radius 1 is 0.545 bits per heavy atom. The predicted octanol–water partition coefficient (Wildman–Crippen LogP) is 13.3. The van der Waals surface area contributed by atoms with Gasteiger partial charge in [0.1, 0.15) is 17.3 Å². The zero-order valence-corrected chi connectivity index (χ0v) is 34.2. The molecule has 0 unspecified atom stereocenters. The Morgan fingerprint density at radius 3 is 1.82 bits per heavy atom. The number of para-hydroxylation sites is 3. The van der Waals surface area contributed by atoms with Gasteiger partial charge >= 0.3 is 6.01 Å². The molecule has 0 saturated heterocycles. The minimum Gasteiger partial charge on any atom is -0.456 e. The number of hydrogen-bond donors (Lipinski definition) is 0. The molecular formula is C50H52N4O+2. The highest BCUT2D eigenvalue weighted by Gasteiger charge is 2.38. The van der Waals surface area contributed by atoms with E-state index in [0.717, 1.165) is 62.2 Å². The first-order chi connectivity index (χ1) is 26.0. The SMILES string of the molecule is Cc1c(Oc2ccc3c4ccccc4n(-c4cc(C(C)(C)C)ccn4)c3c2C)cccc1[N+]1=C=[N+](c2cc(C(C)(C)C)cc(C(C)(C)C)c2)c2ccccc21. The number of ether oxygens (including phenoxy) is 1. The lowest BCUT2D eigenvalue weighted by molar-refractivity contribution is 0.476. The minimum atomic E-state index is -0.00408. The summed E-state index contributed by atoms with van der Waals surface area (Å²) in [6.45, 7) is 24.7. The van der Waals surface area contributed by atoms with Crippen molar-refractivity contribution in [1.82, 2.24) is 18.7 Å². The van der Waals surface area contributed by atoms with Gasteiger partial charge in [-0.05, 0) is 92.3 Å². The Kier molecular flexibility index (Phi) is 8.51. The van der Waals surface area contributed by atoms with Crippen LogP contribution in [0, 0.1) is 13.8 Å². The van der Waals surface area contributed by atoms with Gasteiger partial charge in [0.15, 0.2) is 0 Å². The third-order valence-corrected chi connectivity index (χ3v) is 11.1. The van der Waals surface area contributed by atoms with Crippen molar-refractivity contribution in [3.05, 3.63) is 143 Å². The molecule has 0 N–H and O–H groups in total. The van der Waals surface area contributed by atoms with Gasteiger partial charge in [0.25, 0.3) is 11.4 Å². The molecule has 1 aliphatic rings. The Hall–Kier alpha value is -5.77. The highest BCUT2D eigenvalue weighted by molar-refractivity contribution is 6.10. The topological polar surface area (TPSA) is 33.1 Å². The second kappa shape index (κ2) is 12.9. The van der Waals surface area contributed by atoms with Gasteiger partial charge in [-0.25, -0.2) is 4.98 Å². The number of benzene rings is 5. The van der Waals surface area contributed by atoms with Crippen molar-refractivity contribution in [3.63, 3.8) is 0 Å². The van der Waals surface area contributed by atoms with E-state index >= 15 is 0 Å². The summed E-state index contributed by atoms with van der Waals surface area (Å²) in [5, 5.41) is 2.37. The van der Waals surface area contributed by atoms with Crippen LogP contribution in [0.2, 0.25) is 0 Å². The second-order valence-corrected chi connectivity index (χ2v) is 18.1. The van der Waals surface area contributed by atoms with Crippen LogP contribution < -0.4 is 13.9 Å². The second-order valence-electron chi connectivity index (χ2n) is 18.1. The molecule has 5 aromatic carbocycles. The fourth-order valence-corrected chi connectivity index (χ4v) is 7.67. The van der Waals surface area contributed by atoms with Crippen LogP contribution in [0.25, 0.3) is 27.6 Å². The number of pyridine rings is 1. The van der Waals surface area contributed by atoms with E-state index in [-0.39, 0.29) is 16.2 Å². The van der Waals surface area contributed by atoms with E-state index in [1.54, 1.807) is 0 Å². The summed E-state index contributed by atoms with van der Waals surface area (Å²) in [5.74, 6) is 2.52. The summed E-state index contributed by atoms with van der Waals surface area (Å²) in [6.07, 6.45) is 1.93. The Labute approximate surface area is 325 Å². The first-order valence-electron chi connectivity index (χ1n) is 19.4. The maximum Gasteiger partial charge on any atom is 0.503 e. The predicted molar refractivity (Wildman–Crippen MR) is 231 cm³/mol. The quantitative estimate of drug-likeness (QED) is 0.166. The van der Waals surface area contributed by atoms with Crippen LogP contribution in [-0.4, -0.2) is 15.6 Å². The molecule has 7 aromatic rings. The summed E-state index contributed by atoms with van der Waals surface area (Å²) in [5.41, 5.74) is 12.5. The molecule has 0 aliphatic carbocycles. The molecule has 3 heterocycles. The lowest BCUT2D eigenvalue weighted by Gasteiger charge is -2.24. The van der Waals surface area contributed by atoms with E-state index in [9.17, 15) is 0 Å². The van der Waals surface area contributed by atoms with Crippen LogP contribution >= 0.6 is 0 Å². The zero-order chi connectivity index (χ0) is 39.0. The number of aromatic nitrogens is 2. The van der Waals surface area contributed by atoms with Gasteiger partial charge in [0.05, 0.1) is 16.6 Å². The van der Waals surface area contributed by atoms with Crippen molar-refractivity contribution in [1.29, 1.82) is 0 Å². The largest absolute Gasteiger partial charge is 0.503 e. The van der Waals surface area contributed by atoms with Gasteiger partial charge in [-0.2, -0.15) is 0 Å². The fraction of sp³-hybridized carbons (Fsp3) is 0.280. The van der Waals surface area contributed by atoms with Gasteiger partial charge in [-0.1, -0.05) is 105 Å². The van der Waals surface area contributed by atoms with Crippen LogP contribution in [0.15, 0.2) is 115 Å². The molecule has 0 fully saturated rings. The molecule has 5 nitrogen and oxygen atoms in total. The molecule has 0 radical (unpaired) electrons. The highest BCUT2D eigenvalue weighted by atomic mass is 16.5. The summed E-state index contributed by atoms with van der Waals surface area (Å²) in [7, 11) is 0. The molecule has 8 rings (SSSR count). The van der Waals surface area contributed by atoms with E-state index in [2.05, 4.69) is 205 Å². The third-order valence-electron chi connectivity index (χ3n) is 11.1. The number of aryl methyl sites for hydroxylation is 1. The van der Waals surface area contributed by atoms with Gasteiger partial charge in [0, 0.05) is 52.9 Å². The van der Waals surface area contributed by atoms with Crippen molar-refractivity contribution in [2.75, 3.05) is 0 Å². The molecular weight excluding hydrogens is 673 g/mol. The highest BCUT2D eigenvalue weighted by Crippen LogP contribution is 2.43. The molecule has 5 heteroatoms. The van der Waals surface area contributed by atoms with E-state index in [1.165, 1.54) is 27.5 Å². The summed E-state index contributed by atoms with van der Waals surface area (Å²) in [6, 6.07) is 42.9. The monoisotopic (exact) mass is 724 g/mol. The van der Waals surface area contributed by atoms with Gasteiger partial charge in [0.2, 0.25) is 11.4 Å². The summed E-state index contributed by atoms with van der Waals surface area (Å²) in [4.78, 5) is 4.91. The lowest BCUT2D eigenvalue weighted by Crippen LogP contribution is -2.17. The van der Waals surface area contributed by atoms with Gasteiger partial charge in [-0.15, -0.1) is 0 Å². The molecule has 0 saturated carbocycles. The molecule has 276 valence electrons. The smallest absolute Gasteiger partial charge is 0.456 e.